The number of esters is 1. The SMILES string of the molecule is O=C1OC(c2ccccc2)=NC12C(c1ccc(Cl)cc1)C2(c1ccccc1)c1ccccc1. The third kappa shape index (κ3) is 2.76. The van der Waals surface area contributed by atoms with Crippen LogP contribution in [-0.2, 0) is 14.9 Å². The van der Waals surface area contributed by atoms with E-state index in [1.54, 1.807) is 0 Å². The van der Waals surface area contributed by atoms with Gasteiger partial charge in [-0.15, -0.1) is 0 Å². The number of cyclic esters (lactones) is 1. The van der Waals surface area contributed by atoms with Crippen LogP contribution in [0.2, 0.25) is 5.02 Å². The number of carbonyl (C=O) groups excluding carboxylic acids is 1. The summed E-state index contributed by atoms with van der Waals surface area (Å²) >= 11 is 6.21. The zero-order valence-corrected chi connectivity index (χ0v) is 18.4. The van der Waals surface area contributed by atoms with Gasteiger partial charge in [0.05, 0.1) is 5.41 Å². The van der Waals surface area contributed by atoms with Gasteiger partial charge in [0, 0.05) is 16.5 Å². The van der Waals surface area contributed by atoms with Gasteiger partial charge in [0.15, 0.2) is 5.54 Å². The molecule has 0 N–H and O–H groups in total. The van der Waals surface area contributed by atoms with Gasteiger partial charge in [0.25, 0.3) is 0 Å². The van der Waals surface area contributed by atoms with Gasteiger partial charge in [0.2, 0.25) is 5.90 Å². The lowest BCUT2D eigenvalue weighted by Gasteiger charge is -2.21. The molecule has 0 radical (unpaired) electrons. The minimum atomic E-state index is -1.10. The first-order chi connectivity index (χ1) is 16.2. The number of benzene rings is 4. The fourth-order valence-electron chi connectivity index (χ4n) is 5.48. The maximum atomic E-state index is 13.8. The van der Waals surface area contributed by atoms with Gasteiger partial charge in [-0.05, 0) is 41.0 Å². The summed E-state index contributed by atoms with van der Waals surface area (Å²) in [6.45, 7) is 0. The molecule has 0 aromatic heterocycles. The molecule has 1 heterocycles. The number of halogens is 1. The van der Waals surface area contributed by atoms with Gasteiger partial charge in [-0.25, -0.2) is 9.79 Å². The first-order valence-corrected chi connectivity index (χ1v) is 11.3. The van der Waals surface area contributed by atoms with Gasteiger partial charge in [-0.3, -0.25) is 0 Å². The molecule has 1 spiro atoms. The van der Waals surface area contributed by atoms with Gasteiger partial charge in [-0.2, -0.15) is 0 Å². The highest BCUT2D eigenvalue weighted by atomic mass is 35.5. The quantitative estimate of drug-likeness (QED) is 0.350. The number of hydrogen-bond donors (Lipinski definition) is 0. The van der Waals surface area contributed by atoms with E-state index in [1.165, 1.54) is 0 Å². The number of hydrogen-bond acceptors (Lipinski definition) is 3. The minimum Gasteiger partial charge on any atom is -0.405 e. The van der Waals surface area contributed by atoms with Crippen molar-refractivity contribution in [2.75, 3.05) is 0 Å². The molecule has 2 atom stereocenters. The Morgan fingerprint density at radius 3 is 1.76 bits per heavy atom. The first-order valence-electron chi connectivity index (χ1n) is 10.9. The maximum Gasteiger partial charge on any atom is 0.342 e. The summed E-state index contributed by atoms with van der Waals surface area (Å²) in [4.78, 5) is 18.9. The van der Waals surface area contributed by atoms with Crippen molar-refractivity contribution in [2.45, 2.75) is 16.9 Å². The molecule has 0 bridgehead atoms. The molecular formula is C29H20ClNO2. The third-order valence-electron chi connectivity index (χ3n) is 6.83. The molecule has 160 valence electrons. The lowest BCUT2D eigenvalue weighted by atomic mass is 9.82. The normalized spacial score (nSPS) is 22.6. The molecule has 1 saturated carbocycles. The van der Waals surface area contributed by atoms with E-state index in [4.69, 9.17) is 21.3 Å². The number of rotatable bonds is 4. The lowest BCUT2D eigenvalue weighted by Crippen LogP contribution is -2.29. The lowest BCUT2D eigenvalue weighted by molar-refractivity contribution is -0.136. The largest absolute Gasteiger partial charge is 0.405 e. The van der Waals surface area contributed by atoms with E-state index in [9.17, 15) is 4.79 Å². The minimum absolute atomic E-state index is 0.235. The second-order valence-electron chi connectivity index (χ2n) is 8.46. The maximum absolute atomic E-state index is 13.8. The Kier molecular flexibility index (Phi) is 4.49. The predicted molar refractivity (Wildman–Crippen MR) is 130 cm³/mol. The van der Waals surface area contributed by atoms with Crippen LogP contribution in [0, 0.1) is 0 Å². The Hall–Kier alpha value is -3.69. The first kappa shape index (κ1) is 20.0. The summed E-state index contributed by atoms with van der Waals surface area (Å²) in [5, 5.41) is 0.654. The van der Waals surface area contributed by atoms with Gasteiger partial charge < -0.3 is 4.74 Å². The highest BCUT2D eigenvalue weighted by Crippen LogP contribution is 2.75. The Balaban J connectivity index is 1.65. The molecule has 4 heteroatoms. The second kappa shape index (κ2) is 7.43. The smallest absolute Gasteiger partial charge is 0.342 e. The number of aliphatic imine (C=N–C) groups is 1. The van der Waals surface area contributed by atoms with Crippen LogP contribution in [0.1, 0.15) is 28.2 Å². The highest BCUT2D eigenvalue weighted by molar-refractivity contribution is 6.30. The molecule has 1 fully saturated rings. The molecule has 6 rings (SSSR count). The summed E-state index contributed by atoms with van der Waals surface area (Å²) in [6, 6.07) is 37.6. The molecule has 4 aromatic carbocycles. The fraction of sp³-hybridized carbons (Fsp3) is 0.103. The summed E-state index contributed by atoms with van der Waals surface area (Å²) in [7, 11) is 0. The topological polar surface area (TPSA) is 38.7 Å². The standard InChI is InChI=1S/C29H20ClNO2/c30-24-18-16-20(17-19-24)25-28(22-12-6-2-7-13-22,23-14-8-3-9-15-23)29(25)27(32)33-26(31-29)21-10-4-1-5-11-21/h1-19,25H. The Bertz CT molecular complexity index is 1310. The van der Waals surface area contributed by atoms with E-state index >= 15 is 0 Å². The van der Waals surface area contributed by atoms with E-state index in [2.05, 4.69) is 24.3 Å². The molecule has 33 heavy (non-hydrogen) atoms. The van der Waals surface area contributed by atoms with E-state index in [0.29, 0.717) is 10.9 Å². The van der Waals surface area contributed by atoms with E-state index in [0.717, 1.165) is 22.3 Å². The van der Waals surface area contributed by atoms with Crippen LogP contribution >= 0.6 is 11.6 Å². The zero-order valence-electron chi connectivity index (χ0n) is 17.7. The van der Waals surface area contributed by atoms with Crippen LogP contribution < -0.4 is 0 Å². The summed E-state index contributed by atoms with van der Waals surface area (Å²) in [5.41, 5.74) is 2.06. The Labute approximate surface area is 197 Å². The van der Waals surface area contributed by atoms with Gasteiger partial charge in [-0.1, -0.05) is 103 Å². The van der Waals surface area contributed by atoms with E-state index < -0.39 is 11.0 Å². The van der Waals surface area contributed by atoms with Crippen LogP contribution in [0.15, 0.2) is 120 Å². The molecule has 0 amide bonds. The van der Waals surface area contributed by atoms with Crippen molar-refractivity contribution in [2.24, 2.45) is 4.99 Å². The second-order valence-corrected chi connectivity index (χ2v) is 8.90. The number of nitrogens with zero attached hydrogens (tertiary/aromatic N) is 1. The molecule has 1 aliphatic carbocycles. The number of carbonyl (C=O) groups is 1. The zero-order chi connectivity index (χ0) is 22.5. The van der Waals surface area contributed by atoms with Crippen molar-refractivity contribution >= 4 is 23.5 Å². The van der Waals surface area contributed by atoms with Crippen molar-refractivity contribution in [1.82, 2.24) is 0 Å². The third-order valence-corrected chi connectivity index (χ3v) is 7.08. The summed E-state index contributed by atoms with van der Waals surface area (Å²) < 4.78 is 5.88. The van der Waals surface area contributed by atoms with Crippen LogP contribution in [0.4, 0.5) is 0 Å². The van der Waals surface area contributed by atoms with Crippen LogP contribution in [-0.4, -0.2) is 17.4 Å². The highest BCUT2D eigenvalue weighted by Gasteiger charge is 2.85. The van der Waals surface area contributed by atoms with Gasteiger partial charge >= 0.3 is 5.97 Å². The van der Waals surface area contributed by atoms with Crippen molar-refractivity contribution in [3.8, 4) is 0 Å². The predicted octanol–water partition coefficient (Wildman–Crippen LogP) is 6.17. The van der Waals surface area contributed by atoms with Crippen LogP contribution in [0.3, 0.4) is 0 Å². The molecule has 4 aromatic rings. The van der Waals surface area contributed by atoms with E-state index in [1.807, 2.05) is 91.0 Å². The molecule has 3 nitrogen and oxygen atoms in total. The Morgan fingerprint density at radius 2 is 1.21 bits per heavy atom. The van der Waals surface area contributed by atoms with E-state index in [-0.39, 0.29) is 11.9 Å². The molecule has 2 aliphatic rings. The fourth-order valence-corrected chi connectivity index (χ4v) is 5.60. The van der Waals surface area contributed by atoms with Crippen LogP contribution in [0.5, 0.6) is 0 Å². The monoisotopic (exact) mass is 449 g/mol. The summed E-state index contributed by atoms with van der Waals surface area (Å²) in [6.07, 6.45) is 0. The molecule has 1 aliphatic heterocycles. The average molecular weight is 450 g/mol. The summed E-state index contributed by atoms with van der Waals surface area (Å²) in [5.74, 6) is -0.192. The van der Waals surface area contributed by atoms with Crippen molar-refractivity contribution in [3.05, 3.63) is 143 Å². The molecular weight excluding hydrogens is 430 g/mol. The van der Waals surface area contributed by atoms with Crippen molar-refractivity contribution in [3.63, 3.8) is 0 Å². The van der Waals surface area contributed by atoms with Crippen LogP contribution in [0.25, 0.3) is 0 Å². The Morgan fingerprint density at radius 1 is 0.697 bits per heavy atom. The van der Waals surface area contributed by atoms with Crippen molar-refractivity contribution in [1.29, 1.82) is 0 Å². The molecule has 0 saturated heterocycles. The molecule has 2 unspecified atom stereocenters. The van der Waals surface area contributed by atoms with Gasteiger partial charge in [0.1, 0.15) is 0 Å². The van der Waals surface area contributed by atoms with Crippen molar-refractivity contribution < 1.29 is 9.53 Å². The number of ether oxygens (including phenoxy) is 1. The average Bonchev–Trinajstić information content (AvgIpc) is 3.35.